The Hall–Kier alpha value is -1.36. The van der Waals surface area contributed by atoms with Crippen LogP contribution in [-0.4, -0.2) is 32.3 Å². The van der Waals surface area contributed by atoms with E-state index in [0.29, 0.717) is 18.6 Å². The fraction of sp³-hybridized carbons (Fsp3) is 0.500. The first-order chi connectivity index (χ1) is 9.03. The molecule has 0 amide bonds. The molecule has 104 valence electrons. The monoisotopic (exact) mass is 282 g/mol. The van der Waals surface area contributed by atoms with Crippen molar-refractivity contribution in [2.45, 2.75) is 30.9 Å². The number of Topliss-reactive ketones (excluding diaryl/α,β-unsaturated/α-hetero) is 1. The van der Waals surface area contributed by atoms with Gasteiger partial charge in [0.2, 0.25) is 0 Å². The number of hydrogen-bond donors (Lipinski definition) is 0. The molecule has 1 fully saturated rings. The van der Waals surface area contributed by atoms with Crippen LogP contribution < -0.4 is 4.74 Å². The molecule has 4 nitrogen and oxygen atoms in total. The molecule has 1 unspecified atom stereocenters. The maximum Gasteiger partial charge on any atom is 0.160 e. The molecule has 0 saturated carbocycles. The summed E-state index contributed by atoms with van der Waals surface area (Å²) in [6.07, 6.45) is 2.10. The zero-order valence-corrected chi connectivity index (χ0v) is 11.8. The van der Waals surface area contributed by atoms with E-state index in [1.165, 1.54) is 0 Å². The number of hydrogen-bond acceptors (Lipinski definition) is 4. The van der Waals surface area contributed by atoms with Gasteiger partial charge < -0.3 is 4.74 Å². The standard InChI is InChI=1S/C14H18O4S/c1-18-12-6-4-5-11(9-12)10-13(15)14-7-2-3-8-19(14,16)17/h4-6,9,14H,2-3,7-8,10H2,1H3. The summed E-state index contributed by atoms with van der Waals surface area (Å²) in [5.74, 6) is 0.617. The molecule has 1 aromatic rings. The van der Waals surface area contributed by atoms with Gasteiger partial charge in [0.1, 0.15) is 11.0 Å². The Bertz CT molecular complexity index is 563. The number of rotatable bonds is 4. The molecule has 1 atom stereocenters. The molecule has 2 rings (SSSR count). The minimum Gasteiger partial charge on any atom is -0.497 e. The number of sulfone groups is 1. The van der Waals surface area contributed by atoms with Crippen LogP contribution in [0.1, 0.15) is 24.8 Å². The number of carbonyl (C=O) groups is 1. The van der Waals surface area contributed by atoms with Gasteiger partial charge in [0.05, 0.1) is 12.9 Å². The number of ether oxygens (including phenoxy) is 1. The van der Waals surface area contributed by atoms with Gasteiger partial charge in [-0.3, -0.25) is 4.79 Å². The molecule has 1 saturated heterocycles. The van der Waals surface area contributed by atoms with Crippen LogP contribution in [0.25, 0.3) is 0 Å². The number of benzene rings is 1. The first kappa shape index (κ1) is 14.1. The average Bonchev–Trinajstić information content (AvgIpc) is 2.38. The SMILES string of the molecule is COc1cccc(CC(=O)C2CCCCS2(=O)=O)c1. The maximum atomic E-state index is 12.2. The molecule has 1 aliphatic heterocycles. The Morgan fingerprint density at radius 3 is 2.84 bits per heavy atom. The Kier molecular flexibility index (Phi) is 4.24. The van der Waals surface area contributed by atoms with E-state index in [2.05, 4.69) is 0 Å². The van der Waals surface area contributed by atoms with Gasteiger partial charge in [0.15, 0.2) is 15.6 Å². The highest BCUT2D eigenvalue weighted by Gasteiger charge is 2.34. The van der Waals surface area contributed by atoms with E-state index in [0.717, 1.165) is 12.0 Å². The van der Waals surface area contributed by atoms with E-state index in [4.69, 9.17) is 4.74 Å². The lowest BCUT2D eigenvalue weighted by molar-refractivity contribution is -0.118. The largest absolute Gasteiger partial charge is 0.497 e. The maximum absolute atomic E-state index is 12.2. The van der Waals surface area contributed by atoms with E-state index in [1.807, 2.05) is 6.07 Å². The molecule has 19 heavy (non-hydrogen) atoms. The van der Waals surface area contributed by atoms with Crippen molar-refractivity contribution in [3.05, 3.63) is 29.8 Å². The predicted molar refractivity (Wildman–Crippen MR) is 73.1 cm³/mol. The molecule has 1 heterocycles. The lowest BCUT2D eigenvalue weighted by Crippen LogP contribution is -2.36. The fourth-order valence-corrected chi connectivity index (χ4v) is 4.31. The molecule has 0 aliphatic carbocycles. The fourth-order valence-electron chi connectivity index (χ4n) is 2.41. The summed E-state index contributed by atoms with van der Waals surface area (Å²) in [4.78, 5) is 12.2. The Labute approximate surface area is 113 Å². The third-order valence-corrected chi connectivity index (χ3v) is 5.67. The van der Waals surface area contributed by atoms with Crippen molar-refractivity contribution in [1.82, 2.24) is 0 Å². The van der Waals surface area contributed by atoms with E-state index in [1.54, 1.807) is 25.3 Å². The number of ketones is 1. The molecule has 0 bridgehead atoms. The second-order valence-corrected chi connectivity index (χ2v) is 7.15. The molecule has 1 aliphatic rings. The van der Waals surface area contributed by atoms with Gasteiger partial charge in [-0.05, 0) is 30.5 Å². The third kappa shape index (κ3) is 3.35. The summed E-state index contributed by atoms with van der Waals surface area (Å²) in [5.41, 5.74) is 0.796. The first-order valence-electron chi connectivity index (χ1n) is 6.40. The van der Waals surface area contributed by atoms with Crippen LogP contribution in [0, 0.1) is 0 Å². The van der Waals surface area contributed by atoms with Crippen molar-refractivity contribution in [3.8, 4) is 5.75 Å². The van der Waals surface area contributed by atoms with Gasteiger partial charge in [-0.1, -0.05) is 18.6 Å². The van der Waals surface area contributed by atoms with Crippen LogP contribution in [0.15, 0.2) is 24.3 Å². The summed E-state index contributed by atoms with van der Waals surface area (Å²) in [6, 6.07) is 7.19. The summed E-state index contributed by atoms with van der Waals surface area (Å²) < 4.78 is 28.9. The van der Waals surface area contributed by atoms with E-state index in [9.17, 15) is 13.2 Å². The van der Waals surface area contributed by atoms with E-state index >= 15 is 0 Å². The topological polar surface area (TPSA) is 60.4 Å². The van der Waals surface area contributed by atoms with Crippen LogP contribution in [0.5, 0.6) is 5.75 Å². The van der Waals surface area contributed by atoms with Gasteiger partial charge in [-0.2, -0.15) is 0 Å². The normalized spacial score (nSPS) is 21.8. The van der Waals surface area contributed by atoms with Crippen LogP contribution in [-0.2, 0) is 21.1 Å². The van der Waals surface area contributed by atoms with Crippen molar-refractivity contribution in [1.29, 1.82) is 0 Å². The summed E-state index contributed by atoms with van der Waals surface area (Å²) >= 11 is 0. The van der Waals surface area contributed by atoms with Gasteiger partial charge in [-0.15, -0.1) is 0 Å². The highest BCUT2D eigenvalue weighted by Crippen LogP contribution is 2.22. The minimum absolute atomic E-state index is 0.140. The number of methoxy groups -OCH3 is 1. The highest BCUT2D eigenvalue weighted by molar-refractivity contribution is 7.92. The molecular weight excluding hydrogens is 264 g/mol. The highest BCUT2D eigenvalue weighted by atomic mass is 32.2. The van der Waals surface area contributed by atoms with Crippen LogP contribution in [0.2, 0.25) is 0 Å². The molecule has 0 radical (unpaired) electrons. The van der Waals surface area contributed by atoms with Crippen LogP contribution in [0.4, 0.5) is 0 Å². The molecule has 5 heteroatoms. The summed E-state index contributed by atoms with van der Waals surface area (Å²) in [7, 11) is -1.68. The smallest absolute Gasteiger partial charge is 0.160 e. The second-order valence-electron chi connectivity index (χ2n) is 4.85. The van der Waals surface area contributed by atoms with Crippen LogP contribution >= 0.6 is 0 Å². The van der Waals surface area contributed by atoms with E-state index < -0.39 is 15.1 Å². The average molecular weight is 282 g/mol. The van der Waals surface area contributed by atoms with Crippen molar-refractivity contribution < 1.29 is 17.9 Å². The molecule has 1 aromatic carbocycles. The molecular formula is C14H18O4S. The molecule has 0 spiro atoms. The first-order valence-corrected chi connectivity index (χ1v) is 8.12. The molecule has 0 N–H and O–H groups in total. The van der Waals surface area contributed by atoms with Crippen molar-refractivity contribution in [2.75, 3.05) is 12.9 Å². The minimum atomic E-state index is -3.24. The molecule has 0 aromatic heterocycles. The lowest BCUT2D eigenvalue weighted by Gasteiger charge is -2.21. The van der Waals surface area contributed by atoms with Crippen LogP contribution in [0.3, 0.4) is 0 Å². The Morgan fingerprint density at radius 1 is 1.37 bits per heavy atom. The van der Waals surface area contributed by atoms with E-state index in [-0.39, 0.29) is 18.0 Å². The number of carbonyl (C=O) groups excluding carboxylic acids is 1. The van der Waals surface area contributed by atoms with Crippen molar-refractivity contribution >= 4 is 15.6 Å². The Morgan fingerprint density at radius 2 is 2.16 bits per heavy atom. The van der Waals surface area contributed by atoms with Crippen molar-refractivity contribution in [2.24, 2.45) is 0 Å². The zero-order valence-electron chi connectivity index (χ0n) is 11.0. The second kappa shape index (κ2) is 5.74. The van der Waals surface area contributed by atoms with Gasteiger partial charge in [0, 0.05) is 6.42 Å². The quantitative estimate of drug-likeness (QED) is 0.844. The van der Waals surface area contributed by atoms with Gasteiger partial charge >= 0.3 is 0 Å². The van der Waals surface area contributed by atoms with Crippen molar-refractivity contribution in [3.63, 3.8) is 0 Å². The van der Waals surface area contributed by atoms with Gasteiger partial charge in [-0.25, -0.2) is 8.42 Å². The van der Waals surface area contributed by atoms with Gasteiger partial charge in [0.25, 0.3) is 0 Å². The third-order valence-electron chi connectivity index (χ3n) is 3.45. The zero-order chi connectivity index (χ0) is 13.9. The summed E-state index contributed by atoms with van der Waals surface area (Å²) in [5, 5.41) is -0.813. The lowest BCUT2D eigenvalue weighted by atomic mass is 10.0. The summed E-state index contributed by atoms with van der Waals surface area (Å²) in [6.45, 7) is 0. The predicted octanol–water partition coefficient (Wildman–Crippen LogP) is 1.77. The Balaban J connectivity index is 2.12.